The maximum Gasteiger partial charge on any atom is 0.136 e. The van der Waals surface area contributed by atoms with Crippen molar-refractivity contribution in [3.63, 3.8) is 0 Å². The summed E-state index contributed by atoms with van der Waals surface area (Å²) >= 11 is 0. The Bertz CT molecular complexity index is 319. The quantitative estimate of drug-likeness (QED) is 0.733. The van der Waals surface area contributed by atoms with E-state index in [1.807, 2.05) is 33.0 Å². The molecular weight excluding hydrogens is 198 g/mol. The van der Waals surface area contributed by atoms with Crippen molar-refractivity contribution in [3.05, 3.63) is 36.0 Å². The predicted octanol–water partition coefficient (Wildman–Crippen LogP) is 3.22. The molecule has 2 nitrogen and oxygen atoms in total. The highest BCUT2D eigenvalue weighted by molar-refractivity contribution is 5.82. The largest absolute Gasteiger partial charge is 0.299 e. The molecule has 1 atom stereocenters. The van der Waals surface area contributed by atoms with Crippen LogP contribution >= 0.6 is 0 Å². The van der Waals surface area contributed by atoms with Crippen LogP contribution in [0.2, 0.25) is 0 Å². The van der Waals surface area contributed by atoms with E-state index in [1.165, 1.54) is 11.5 Å². The second kappa shape index (κ2) is 6.41. The van der Waals surface area contributed by atoms with Crippen molar-refractivity contribution in [2.45, 2.75) is 40.0 Å². The van der Waals surface area contributed by atoms with Crippen molar-refractivity contribution >= 4 is 5.78 Å². The lowest BCUT2D eigenvalue weighted by Crippen LogP contribution is -2.15. The molecule has 0 spiro atoms. The number of aromatic nitrogens is 1. The maximum absolute atomic E-state index is 11.7. The number of hydrogen-bond donors (Lipinski definition) is 0. The molecule has 0 aliphatic rings. The number of pyridine rings is 1. The highest BCUT2D eigenvalue weighted by atomic mass is 16.1. The van der Waals surface area contributed by atoms with Gasteiger partial charge in [0.05, 0.1) is 0 Å². The Labute approximate surface area is 98.1 Å². The molecule has 1 radical (unpaired) electrons. The zero-order chi connectivity index (χ0) is 12.0. The van der Waals surface area contributed by atoms with Crippen LogP contribution in [0, 0.1) is 11.8 Å². The van der Waals surface area contributed by atoms with Crippen LogP contribution in [0.15, 0.2) is 24.5 Å². The number of Topliss-reactive ketones (excluding diaryl/α,β-unsaturated/α-hetero) is 1. The van der Waals surface area contributed by atoms with Gasteiger partial charge in [-0.3, -0.25) is 9.78 Å². The normalized spacial score (nSPS) is 12.8. The van der Waals surface area contributed by atoms with Crippen molar-refractivity contribution in [1.29, 1.82) is 0 Å². The maximum atomic E-state index is 11.7. The molecule has 0 fully saturated rings. The third-order valence-electron chi connectivity index (χ3n) is 2.96. The van der Waals surface area contributed by atoms with Crippen molar-refractivity contribution in [3.8, 4) is 0 Å². The highest BCUT2D eigenvalue weighted by Gasteiger charge is 2.16. The lowest BCUT2D eigenvalue weighted by molar-refractivity contribution is -0.121. The van der Waals surface area contributed by atoms with Gasteiger partial charge in [0.25, 0.3) is 0 Å². The number of nitrogens with zero attached hydrogens (tertiary/aromatic N) is 1. The summed E-state index contributed by atoms with van der Waals surface area (Å²) in [6.07, 6.45) is 6.16. The Morgan fingerprint density at radius 1 is 1.44 bits per heavy atom. The zero-order valence-corrected chi connectivity index (χ0v) is 10.4. The number of carbonyl (C=O) groups is 1. The van der Waals surface area contributed by atoms with Crippen LogP contribution in [-0.4, -0.2) is 10.8 Å². The van der Waals surface area contributed by atoms with Gasteiger partial charge in [-0.15, -0.1) is 0 Å². The summed E-state index contributed by atoms with van der Waals surface area (Å²) in [5.41, 5.74) is 1.21. The van der Waals surface area contributed by atoms with E-state index in [2.05, 4.69) is 11.1 Å². The van der Waals surface area contributed by atoms with Crippen LogP contribution in [0.5, 0.6) is 0 Å². The number of ketones is 1. The van der Waals surface area contributed by atoms with E-state index in [9.17, 15) is 4.79 Å². The summed E-state index contributed by atoms with van der Waals surface area (Å²) in [5, 5.41) is 0. The molecule has 2 heteroatoms. The molecule has 0 N–H and O–H groups in total. The average Bonchev–Trinajstić information content (AvgIpc) is 2.29. The fourth-order valence-corrected chi connectivity index (χ4v) is 1.55. The highest BCUT2D eigenvalue weighted by Crippen LogP contribution is 2.16. The van der Waals surface area contributed by atoms with Crippen LogP contribution in [0.25, 0.3) is 0 Å². The van der Waals surface area contributed by atoms with E-state index < -0.39 is 0 Å². The predicted molar refractivity (Wildman–Crippen MR) is 65.9 cm³/mol. The number of carbonyl (C=O) groups excluding carboxylic acids is 1. The first-order valence-electron chi connectivity index (χ1n) is 5.83. The van der Waals surface area contributed by atoms with Crippen LogP contribution < -0.4 is 0 Å². The lowest BCUT2D eigenvalue weighted by Gasteiger charge is -2.13. The third-order valence-corrected chi connectivity index (χ3v) is 2.96. The van der Waals surface area contributed by atoms with Gasteiger partial charge in [0.1, 0.15) is 5.78 Å². The average molecular weight is 218 g/mol. The molecule has 0 aliphatic heterocycles. The first kappa shape index (κ1) is 12.9. The van der Waals surface area contributed by atoms with Crippen LogP contribution in [-0.2, 0) is 11.2 Å². The summed E-state index contributed by atoms with van der Waals surface area (Å²) in [6, 6.07) is 3.99. The minimum absolute atomic E-state index is 0.105. The molecule has 1 aromatic rings. The topological polar surface area (TPSA) is 30.0 Å². The summed E-state index contributed by atoms with van der Waals surface area (Å²) in [7, 11) is 0. The smallest absolute Gasteiger partial charge is 0.136 e. The van der Waals surface area contributed by atoms with Crippen molar-refractivity contribution in [2.24, 2.45) is 5.92 Å². The molecule has 1 heterocycles. The molecule has 0 aromatic carbocycles. The molecule has 1 unspecified atom stereocenters. The number of hydrogen-bond acceptors (Lipinski definition) is 2. The Balaban J connectivity index is 2.28. The summed E-state index contributed by atoms with van der Waals surface area (Å²) in [5.74, 6) is 1.66. The van der Waals surface area contributed by atoms with Crippen LogP contribution in [0.1, 0.15) is 39.2 Å². The second-order valence-corrected chi connectivity index (χ2v) is 4.48. The molecule has 16 heavy (non-hydrogen) atoms. The van der Waals surface area contributed by atoms with Gasteiger partial charge in [-0.25, -0.2) is 0 Å². The Kier molecular flexibility index (Phi) is 5.17. The minimum atomic E-state index is 0.105. The van der Waals surface area contributed by atoms with Gasteiger partial charge < -0.3 is 0 Å². The Morgan fingerprint density at radius 3 is 2.75 bits per heavy atom. The molecule has 0 bridgehead atoms. The minimum Gasteiger partial charge on any atom is -0.299 e. The standard InChI is InChI=1S/C14H20NO/c1-11(2)12(3)14(16)8-4-6-13-7-5-9-15-10-13/h5,7,9-10,12H,4,6,8H2,1-3H3. The first-order chi connectivity index (χ1) is 7.61. The van der Waals surface area contributed by atoms with Gasteiger partial charge in [-0.05, 0) is 30.4 Å². The molecule has 0 aliphatic carbocycles. The first-order valence-corrected chi connectivity index (χ1v) is 5.83. The molecular formula is C14H20NO. The molecule has 0 amide bonds. The Hall–Kier alpha value is -1.18. The van der Waals surface area contributed by atoms with Crippen molar-refractivity contribution in [2.75, 3.05) is 0 Å². The molecule has 0 saturated carbocycles. The zero-order valence-electron chi connectivity index (χ0n) is 10.4. The second-order valence-electron chi connectivity index (χ2n) is 4.48. The number of aryl methyl sites for hydroxylation is 1. The summed E-state index contributed by atoms with van der Waals surface area (Å²) in [4.78, 5) is 15.8. The SMILES string of the molecule is C[C](C)C(C)C(=O)CCCc1cccnc1. The van der Waals surface area contributed by atoms with E-state index in [1.54, 1.807) is 6.20 Å². The van der Waals surface area contributed by atoms with E-state index in [-0.39, 0.29) is 5.92 Å². The van der Waals surface area contributed by atoms with Crippen molar-refractivity contribution in [1.82, 2.24) is 4.98 Å². The third kappa shape index (κ3) is 4.13. The van der Waals surface area contributed by atoms with E-state index in [4.69, 9.17) is 0 Å². The van der Waals surface area contributed by atoms with E-state index >= 15 is 0 Å². The molecule has 87 valence electrons. The fourth-order valence-electron chi connectivity index (χ4n) is 1.55. The van der Waals surface area contributed by atoms with Gasteiger partial charge >= 0.3 is 0 Å². The monoisotopic (exact) mass is 218 g/mol. The van der Waals surface area contributed by atoms with Gasteiger partial charge in [-0.2, -0.15) is 0 Å². The molecule has 1 rings (SSSR count). The van der Waals surface area contributed by atoms with Gasteiger partial charge in [-0.1, -0.05) is 26.8 Å². The Morgan fingerprint density at radius 2 is 2.19 bits per heavy atom. The van der Waals surface area contributed by atoms with Crippen molar-refractivity contribution < 1.29 is 4.79 Å². The van der Waals surface area contributed by atoms with Gasteiger partial charge in [0.15, 0.2) is 0 Å². The van der Waals surface area contributed by atoms with Gasteiger partial charge in [0.2, 0.25) is 0 Å². The lowest BCUT2D eigenvalue weighted by atomic mass is 9.91. The number of rotatable bonds is 6. The summed E-state index contributed by atoms with van der Waals surface area (Å²) < 4.78 is 0. The summed E-state index contributed by atoms with van der Waals surface area (Å²) in [6.45, 7) is 6.02. The van der Waals surface area contributed by atoms with E-state index in [0.717, 1.165) is 12.8 Å². The fraction of sp³-hybridized carbons (Fsp3) is 0.500. The molecule has 0 saturated heterocycles. The van der Waals surface area contributed by atoms with Gasteiger partial charge in [0, 0.05) is 24.7 Å². The van der Waals surface area contributed by atoms with Crippen LogP contribution in [0.4, 0.5) is 0 Å². The van der Waals surface area contributed by atoms with Crippen LogP contribution in [0.3, 0.4) is 0 Å². The molecule has 1 aromatic heterocycles. The van der Waals surface area contributed by atoms with E-state index in [0.29, 0.717) is 12.2 Å².